The fourth-order valence-electron chi connectivity index (χ4n) is 8.96. The molecule has 0 unspecified atom stereocenters. The predicted octanol–water partition coefficient (Wildman–Crippen LogP) is 15.6. The van der Waals surface area contributed by atoms with Gasteiger partial charge in [0.1, 0.15) is 22.3 Å². The molecular formula is C54H32O2. The molecule has 0 N–H and O–H groups in total. The number of rotatable bonds is 4. The average molecular weight is 713 g/mol. The Kier molecular flexibility index (Phi) is 6.66. The lowest BCUT2D eigenvalue weighted by Gasteiger charge is -2.14. The minimum atomic E-state index is 0.884. The molecule has 10 aromatic carbocycles. The lowest BCUT2D eigenvalue weighted by Crippen LogP contribution is -1.88. The van der Waals surface area contributed by atoms with Crippen molar-refractivity contribution in [1.82, 2.24) is 0 Å². The third-order valence-corrected chi connectivity index (χ3v) is 11.6. The van der Waals surface area contributed by atoms with Gasteiger partial charge in [-0.15, -0.1) is 0 Å². The second-order valence-corrected chi connectivity index (χ2v) is 14.8. The fourth-order valence-corrected chi connectivity index (χ4v) is 8.96. The Bertz CT molecular complexity index is 3530. The maximum Gasteiger partial charge on any atom is 0.143 e. The number of hydrogen-bond donors (Lipinski definition) is 0. The molecule has 0 amide bonds. The molecule has 2 heterocycles. The van der Waals surface area contributed by atoms with Gasteiger partial charge >= 0.3 is 0 Å². The van der Waals surface area contributed by atoms with Crippen molar-refractivity contribution in [3.63, 3.8) is 0 Å². The van der Waals surface area contributed by atoms with Crippen LogP contribution in [-0.4, -0.2) is 0 Å². The molecule has 0 aliphatic carbocycles. The standard InChI is InChI=1S/C54H32O2/c1-2-11-33(12-3-1)36-23-25-42-37(27-36)15-8-18-41(42)40-30-49(53-47-17-6-7-22-50(47)55-52(53)32-40)45-20-9-16-38-28-39(24-26-43(38)45)44-19-10-21-46-48-29-34-13-4-5-14-35(34)31-51(48)56-54(44)46/h1-32H. The maximum absolute atomic E-state index is 6.64. The van der Waals surface area contributed by atoms with Gasteiger partial charge in [0.05, 0.1) is 0 Å². The van der Waals surface area contributed by atoms with Gasteiger partial charge in [0, 0.05) is 27.1 Å². The van der Waals surface area contributed by atoms with Crippen molar-refractivity contribution in [2.75, 3.05) is 0 Å². The van der Waals surface area contributed by atoms with Crippen LogP contribution in [0.25, 0.3) is 121 Å². The highest BCUT2D eigenvalue weighted by molar-refractivity contribution is 6.18. The summed E-state index contributed by atoms with van der Waals surface area (Å²) in [6, 6.07) is 69.8. The van der Waals surface area contributed by atoms with Crippen molar-refractivity contribution in [2.24, 2.45) is 0 Å². The molecule has 0 aliphatic rings. The molecule has 0 aliphatic heterocycles. The second kappa shape index (κ2) is 12.0. The molecule has 2 heteroatoms. The van der Waals surface area contributed by atoms with E-state index in [1.165, 1.54) is 54.6 Å². The van der Waals surface area contributed by atoms with Crippen molar-refractivity contribution in [2.45, 2.75) is 0 Å². The molecular weight excluding hydrogens is 681 g/mol. The van der Waals surface area contributed by atoms with Gasteiger partial charge in [-0.25, -0.2) is 0 Å². The minimum absolute atomic E-state index is 0.884. The quantitative estimate of drug-likeness (QED) is 0.182. The zero-order valence-electron chi connectivity index (χ0n) is 30.3. The van der Waals surface area contributed by atoms with Crippen LogP contribution in [0.2, 0.25) is 0 Å². The highest BCUT2D eigenvalue weighted by Crippen LogP contribution is 2.45. The second-order valence-electron chi connectivity index (χ2n) is 14.8. The normalized spacial score (nSPS) is 11.9. The van der Waals surface area contributed by atoms with E-state index >= 15 is 0 Å². The van der Waals surface area contributed by atoms with Crippen LogP contribution in [0.4, 0.5) is 0 Å². The topological polar surface area (TPSA) is 26.3 Å². The summed E-state index contributed by atoms with van der Waals surface area (Å²) in [6.45, 7) is 0. The first-order valence-electron chi connectivity index (χ1n) is 19.1. The SMILES string of the molecule is c1ccc(-c2ccc3c(-c4cc(-c5cccc6cc(-c7cccc8c7oc7cc9ccccc9cc78)ccc56)c5c(c4)oc4ccccc45)cccc3c2)cc1. The third kappa shape index (κ3) is 4.76. The number of furan rings is 2. The van der Waals surface area contributed by atoms with Crippen LogP contribution < -0.4 is 0 Å². The van der Waals surface area contributed by atoms with Crippen molar-refractivity contribution in [1.29, 1.82) is 0 Å². The van der Waals surface area contributed by atoms with Gasteiger partial charge in [-0.05, 0) is 114 Å². The molecule has 56 heavy (non-hydrogen) atoms. The first-order chi connectivity index (χ1) is 27.7. The van der Waals surface area contributed by atoms with Crippen LogP contribution in [0.5, 0.6) is 0 Å². The zero-order chi connectivity index (χ0) is 36.7. The first kappa shape index (κ1) is 31.0. The van der Waals surface area contributed by atoms with Gasteiger partial charge in [-0.3, -0.25) is 0 Å². The predicted molar refractivity (Wildman–Crippen MR) is 235 cm³/mol. The molecule has 260 valence electrons. The van der Waals surface area contributed by atoms with E-state index in [0.29, 0.717) is 0 Å². The van der Waals surface area contributed by atoms with Crippen LogP contribution in [0.1, 0.15) is 0 Å². The van der Waals surface area contributed by atoms with Gasteiger partial charge in [0.2, 0.25) is 0 Å². The molecule has 12 rings (SSSR count). The van der Waals surface area contributed by atoms with Gasteiger partial charge in [-0.1, -0.05) is 152 Å². The minimum Gasteiger partial charge on any atom is -0.456 e. The molecule has 0 radical (unpaired) electrons. The maximum atomic E-state index is 6.64. The molecule has 12 aromatic rings. The van der Waals surface area contributed by atoms with E-state index in [1.54, 1.807) is 0 Å². The zero-order valence-corrected chi connectivity index (χ0v) is 30.3. The summed E-state index contributed by atoms with van der Waals surface area (Å²) in [7, 11) is 0. The van der Waals surface area contributed by atoms with Crippen LogP contribution in [0.15, 0.2) is 203 Å². The van der Waals surface area contributed by atoms with Crippen LogP contribution in [0, 0.1) is 0 Å². The number of benzene rings is 10. The van der Waals surface area contributed by atoms with E-state index in [2.05, 4.69) is 188 Å². The molecule has 0 spiro atoms. The Balaban J connectivity index is 1.04. The Morgan fingerprint density at radius 3 is 1.75 bits per heavy atom. The summed E-state index contributed by atoms with van der Waals surface area (Å²) in [6.07, 6.45) is 0. The lowest BCUT2D eigenvalue weighted by molar-refractivity contribution is 0.669. The van der Waals surface area contributed by atoms with Gasteiger partial charge < -0.3 is 8.83 Å². The van der Waals surface area contributed by atoms with Crippen LogP contribution >= 0.6 is 0 Å². The smallest absolute Gasteiger partial charge is 0.143 e. The van der Waals surface area contributed by atoms with E-state index in [-0.39, 0.29) is 0 Å². The van der Waals surface area contributed by atoms with E-state index in [0.717, 1.165) is 66.1 Å². The van der Waals surface area contributed by atoms with Crippen molar-refractivity contribution in [3.8, 4) is 44.5 Å². The Morgan fingerprint density at radius 1 is 0.250 bits per heavy atom. The van der Waals surface area contributed by atoms with E-state index in [1.807, 2.05) is 6.07 Å². The van der Waals surface area contributed by atoms with Crippen molar-refractivity contribution < 1.29 is 8.83 Å². The molecule has 2 nitrogen and oxygen atoms in total. The first-order valence-corrected chi connectivity index (χ1v) is 19.1. The molecule has 0 atom stereocenters. The molecule has 2 aromatic heterocycles. The molecule has 0 bridgehead atoms. The van der Waals surface area contributed by atoms with Gasteiger partial charge in [0.25, 0.3) is 0 Å². The molecule has 0 saturated carbocycles. The lowest BCUT2D eigenvalue weighted by atomic mass is 9.89. The Labute approximate surface area is 322 Å². The summed E-state index contributed by atoms with van der Waals surface area (Å²) in [4.78, 5) is 0. The van der Waals surface area contributed by atoms with Gasteiger partial charge in [0.15, 0.2) is 0 Å². The van der Waals surface area contributed by atoms with Crippen molar-refractivity contribution in [3.05, 3.63) is 194 Å². The number of para-hydroxylation sites is 2. The Morgan fingerprint density at radius 2 is 0.893 bits per heavy atom. The summed E-state index contributed by atoms with van der Waals surface area (Å²) >= 11 is 0. The highest BCUT2D eigenvalue weighted by atomic mass is 16.3. The monoisotopic (exact) mass is 712 g/mol. The van der Waals surface area contributed by atoms with Crippen molar-refractivity contribution >= 4 is 76.2 Å². The van der Waals surface area contributed by atoms with E-state index in [4.69, 9.17) is 8.83 Å². The average Bonchev–Trinajstić information content (AvgIpc) is 3.82. The van der Waals surface area contributed by atoms with E-state index < -0.39 is 0 Å². The summed E-state index contributed by atoms with van der Waals surface area (Å²) in [5.74, 6) is 0. The van der Waals surface area contributed by atoms with Gasteiger partial charge in [-0.2, -0.15) is 0 Å². The largest absolute Gasteiger partial charge is 0.456 e. The molecule has 0 saturated heterocycles. The highest BCUT2D eigenvalue weighted by Gasteiger charge is 2.19. The summed E-state index contributed by atoms with van der Waals surface area (Å²) in [5, 5.41) is 11.7. The number of hydrogen-bond acceptors (Lipinski definition) is 2. The number of fused-ring (bicyclic) bond motifs is 9. The van der Waals surface area contributed by atoms with Crippen LogP contribution in [-0.2, 0) is 0 Å². The van der Waals surface area contributed by atoms with Crippen LogP contribution in [0.3, 0.4) is 0 Å². The van der Waals surface area contributed by atoms with E-state index in [9.17, 15) is 0 Å². The summed E-state index contributed by atoms with van der Waals surface area (Å²) < 4.78 is 13.3. The fraction of sp³-hybridized carbons (Fsp3) is 0. The third-order valence-electron chi connectivity index (χ3n) is 11.6. The molecule has 0 fully saturated rings. The Hall–Kier alpha value is -7.42. The summed E-state index contributed by atoms with van der Waals surface area (Å²) in [5.41, 5.74) is 12.9.